The van der Waals surface area contributed by atoms with Crippen molar-refractivity contribution in [1.29, 1.82) is 0 Å². The minimum Gasteiger partial charge on any atom is -0.306 e. The SMILES string of the molecule is CCCNC(c1csc(I)c1)c1cc(Cl)c(Br)s1. The van der Waals surface area contributed by atoms with Crippen molar-refractivity contribution in [2.45, 2.75) is 19.4 Å². The monoisotopic (exact) mass is 475 g/mol. The summed E-state index contributed by atoms with van der Waals surface area (Å²) in [5, 5.41) is 6.60. The topological polar surface area (TPSA) is 12.0 Å². The molecule has 0 bridgehead atoms. The van der Waals surface area contributed by atoms with Gasteiger partial charge in [0.2, 0.25) is 0 Å². The predicted octanol–water partition coefficient (Wildman–Crippen LogP) is 5.92. The van der Waals surface area contributed by atoms with E-state index in [9.17, 15) is 0 Å². The summed E-state index contributed by atoms with van der Waals surface area (Å²) < 4.78 is 2.32. The third kappa shape index (κ3) is 3.70. The second-order valence-corrected chi connectivity index (χ2v) is 9.46. The number of hydrogen-bond acceptors (Lipinski definition) is 3. The van der Waals surface area contributed by atoms with Crippen molar-refractivity contribution in [3.05, 3.63) is 39.6 Å². The van der Waals surface area contributed by atoms with Crippen molar-refractivity contribution in [2.75, 3.05) is 6.54 Å². The Bertz CT molecular complexity index is 506. The smallest absolute Gasteiger partial charge is 0.0888 e. The Hall–Kier alpha value is 0.860. The third-order valence-electron chi connectivity index (χ3n) is 2.47. The van der Waals surface area contributed by atoms with Gasteiger partial charge in [0.1, 0.15) is 0 Å². The first-order chi connectivity index (χ1) is 8.61. The van der Waals surface area contributed by atoms with Crippen molar-refractivity contribution < 1.29 is 0 Å². The molecule has 2 heterocycles. The van der Waals surface area contributed by atoms with Crippen LogP contribution in [0.3, 0.4) is 0 Å². The van der Waals surface area contributed by atoms with Crippen molar-refractivity contribution >= 4 is 72.8 Å². The average molecular weight is 477 g/mol. The van der Waals surface area contributed by atoms with Crippen molar-refractivity contribution in [1.82, 2.24) is 5.32 Å². The summed E-state index contributed by atoms with van der Waals surface area (Å²) in [7, 11) is 0. The number of rotatable bonds is 5. The molecule has 6 heteroatoms. The Kier molecular flexibility index (Phi) is 5.96. The maximum absolute atomic E-state index is 6.14. The largest absolute Gasteiger partial charge is 0.306 e. The molecular weight excluding hydrogens is 465 g/mol. The molecule has 98 valence electrons. The summed E-state index contributed by atoms with van der Waals surface area (Å²) in [6, 6.07) is 4.53. The standard InChI is InChI=1S/C12H12BrClINS2/c1-2-3-16-11(7-4-10(15)17-6-7)9-5-8(14)12(13)18-9/h4-6,11,16H,2-3H2,1H3. The molecule has 0 saturated heterocycles. The van der Waals surface area contributed by atoms with Gasteiger partial charge >= 0.3 is 0 Å². The molecule has 1 unspecified atom stereocenters. The van der Waals surface area contributed by atoms with E-state index in [4.69, 9.17) is 11.6 Å². The van der Waals surface area contributed by atoms with Crippen LogP contribution in [0.1, 0.15) is 29.8 Å². The zero-order valence-electron chi connectivity index (χ0n) is 9.67. The Labute approximate surface area is 142 Å². The summed E-state index contributed by atoms with van der Waals surface area (Å²) in [5.74, 6) is 0. The van der Waals surface area contributed by atoms with Crippen LogP contribution in [0.5, 0.6) is 0 Å². The van der Waals surface area contributed by atoms with E-state index in [2.05, 4.69) is 62.2 Å². The van der Waals surface area contributed by atoms with Crippen LogP contribution in [0.15, 0.2) is 21.3 Å². The van der Waals surface area contributed by atoms with Gasteiger partial charge in [0, 0.05) is 4.88 Å². The molecule has 0 saturated carbocycles. The minimum absolute atomic E-state index is 0.249. The van der Waals surface area contributed by atoms with Crippen LogP contribution < -0.4 is 5.32 Å². The highest BCUT2D eigenvalue weighted by atomic mass is 127. The molecular formula is C12H12BrClINS2. The molecule has 0 aliphatic carbocycles. The van der Waals surface area contributed by atoms with Crippen LogP contribution in [-0.4, -0.2) is 6.54 Å². The maximum Gasteiger partial charge on any atom is 0.0888 e. The summed E-state index contributed by atoms with van der Waals surface area (Å²) in [4.78, 5) is 1.26. The van der Waals surface area contributed by atoms with Crippen LogP contribution in [0.2, 0.25) is 5.02 Å². The second kappa shape index (κ2) is 7.04. The summed E-state index contributed by atoms with van der Waals surface area (Å²) >= 11 is 15.5. The van der Waals surface area contributed by atoms with Gasteiger partial charge in [-0.1, -0.05) is 18.5 Å². The Morgan fingerprint density at radius 3 is 2.78 bits per heavy atom. The van der Waals surface area contributed by atoms with Gasteiger partial charge in [-0.15, -0.1) is 22.7 Å². The number of halogens is 3. The zero-order chi connectivity index (χ0) is 13.1. The molecule has 0 amide bonds. The fourth-order valence-electron chi connectivity index (χ4n) is 1.65. The molecule has 18 heavy (non-hydrogen) atoms. The molecule has 0 aromatic carbocycles. The quantitative estimate of drug-likeness (QED) is 0.529. The van der Waals surface area contributed by atoms with Crippen LogP contribution in [0.25, 0.3) is 0 Å². The van der Waals surface area contributed by atoms with E-state index in [1.165, 1.54) is 13.3 Å². The lowest BCUT2D eigenvalue weighted by atomic mass is 10.1. The fourth-order valence-corrected chi connectivity index (χ4v) is 4.90. The van der Waals surface area contributed by atoms with E-state index in [1.807, 2.05) is 6.07 Å². The van der Waals surface area contributed by atoms with E-state index in [0.717, 1.165) is 21.8 Å². The fraction of sp³-hybridized carbons (Fsp3) is 0.333. The highest BCUT2D eigenvalue weighted by molar-refractivity contribution is 14.1. The third-order valence-corrected chi connectivity index (χ3v) is 6.82. The molecule has 2 aromatic heterocycles. The first-order valence-corrected chi connectivity index (χ1v) is 9.48. The highest BCUT2D eigenvalue weighted by Gasteiger charge is 2.18. The Balaban J connectivity index is 2.30. The molecule has 0 aliphatic heterocycles. The number of hydrogen-bond donors (Lipinski definition) is 1. The molecule has 0 fully saturated rings. The first-order valence-electron chi connectivity index (χ1n) is 5.54. The van der Waals surface area contributed by atoms with Crippen molar-refractivity contribution in [3.63, 3.8) is 0 Å². The molecule has 1 atom stereocenters. The molecule has 0 radical (unpaired) electrons. The molecule has 0 spiro atoms. The average Bonchev–Trinajstić information content (AvgIpc) is 2.88. The van der Waals surface area contributed by atoms with Gasteiger partial charge < -0.3 is 5.32 Å². The van der Waals surface area contributed by atoms with Crippen LogP contribution in [0, 0.1) is 2.88 Å². The summed E-state index contributed by atoms with van der Waals surface area (Å²) in [6.45, 7) is 3.18. The van der Waals surface area contributed by atoms with E-state index in [-0.39, 0.29) is 6.04 Å². The van der Waals surface area contributed by atoms with E-state index < -0.39 is 0 Å². The van der Waals surface area contributed by atoms with E-state index in [1.54, 1.807) is 22.7 Å². The maximum atomic E-state index is 6.14. The molecule has 1 nitrogen and oxygen atoms in total. The van der Waals surface area contributed by atoms with Gasteiger partial charge in [0.05, 0.1) is 17.7 Å². The second-order valence-electron chi connectivity index (χ2n) is 3.84. The van der Waals surface area contributed by atoms with Crippen LogP contribution in [-0.2, 0) is 0 Å². The van der Waals surface area contributed by atoms with Crippen molar-refractivity contribution in [2.24, 2.45) is 0 Å². The molecule has 2 aromatic rings. The highest BCUT2D eigenvalue weighted by Crippen LogP contribution is 2.38. The van der Waals surface area contributed by atoms with Crippen LogP contribution in [0.4, 0.5) is 0 Å². The minimum atomic E-state index is 0.249. The molecule has 1 N–H and O–H groups in total. The predicted molar refractivity (Wildman–Crippen MR) is 94.2 cm³/mol. The number of thiophene rings is 2. The Morgan fingerprint density at radius 2 is 2.28 bits per heavy atom. The molecule has 0 aliphatic rings. The first kappa shape index (κ1) is 15.3. The van der Waals surface area contributed by atoms with Gasteiger partial charge in [-0.2, -0.15) is 0 Å². The normalized spacial score (nSPS) is 12.9. The zero-order valence-corrected chi connectivity index (χ0v) is 15.8. The van der Waals surface area contributed by atoms with Gasteiger partial charge in [-0.05, 0) is 74.6 Å². The van der Waals surface area contributed by atoms with Gasteiger partial charge in [-0.25, -0.2) is 0 Å². The lowest BCUT2D eigenvalue weighted by Gasteiger charge is -2.15. The van der Waals surface area contributed by atoms with Crippen molar-refractivity contribution in [3.8, 4) is 0 Å². The van der Waals surface area contributed by atoms with Crippen LogP contribution >= 0.6 is 72.8 Å². The van der Waals surface area contributed by atoms with Gasteiger partial charge in [0.15, 0.2) is 0 Å². The van der Waals surface area contributed by atoms with E-state index in [0.29, 0.717) is 0 Å². The molecule has 2 rings (SSSR count). The Morgan fingerprint density at radius 1 is 1.50 bits per heavy atom. The van der Waals surface area contributed by atoms with Gasteiger partial charge in [0.25, 0.3) is 0 Å². The lowest BCUT2D eigenvalue weighted by Crippen LogP contribution is -2.21. The summed E-state index contributed by atoms with van der Waals surface area (Å²) in [6.07, 6.45) is 1.12. The lowest BCUT2D eigenvalue weighted by molar-refractivity contribution is 0.607. The number of nitrogens with one attached hydrogen (secondary N) is 1. The van der Waals surface area contributed by atoms with Gasteiger partial charge in [-0.3, -0.25) is 0 Å². The van der Waals surface area contributed by atoms with E-state index >= 15 is 0 Å². The summed E-state index contributed by atoms with van der Waals surface area (Å²) in [5.41, 5.74) is 1.32.